The van der Waals surface area contributed by atoms with Crippen LogP contribution in [0.15, 0.2) is 61.1 Å². The van der Waals surface area contributed by atoms with E-state index >= 15 is 0 Å². The van der Waals surface area contributed by atoms with Gasteiger partial charge in [0.1, 0.15) is 5.69 Å². The normalized spacial score (nSPS) is 11.9. The molecule has 7 nitrogen and oxygen atoms in total. The lowest BCUT2D eigenvalue weighted by Gasteiger charge is -2.15. The van der Waals surface area contributed by atoms with E-state index in [0.29, 0.717) is 5.69 Å². The minimum absolute atomic E-state index is 0.0850. The maximum Gasteiger partial charge on any atom is 0.305 e. The largest absolute Gasteiger partial charge is 0.481 e. The number of hydrogen-bond acceptors (Lipinski definition) is 3. The molecule has 134 valence electrons. The third-order valence-electron chi connectivity index (χ3n) is 4.13. The zero-order valence-electron chi connectivity index (χ0n) is 14.4. The van der Waals surface area contributed by atoms with Crippen LogP contribution in [0.1, 0.15) is 35.4 Å². The average Bonchev–Trinajstić information content (AvgIpc) is 3.31. The topological polar surface area (TPSA) is 89.2 Å². The van der Waals surface area contributed by atoms with Crippen molar-refractivity contribution < 1.29 is 14.7 Å². The second kappa shape index (κ2) is 7.69. The fraction of sp³-hybridized carbons (Fsp3) is 0.211. The number of aryl methyl sites for hydroxylation is 1. The van der Waals surface area contributed by atoms with Gasteiger partial charge < -0.3 is 15.0 Å². The number of carboxylic acids is 1. The van der Waals surface area contributed by atoms with Crippen LogP contribution in [0.4, 0.5) is 0 Å². The lowest BCUT2D eigenvalue weighted by molar-refractivity contribution is -0.137. The quantitative estimate of drug-likeness (QED) is 0.684. The Morgan fingerprint density at radius 3 is 2.50 bits per heavy atom. The molecular weight excluding hydrogens is 332 g/mol. The Bertz CT molecular complexity index is 882. The van der Waals surface area contributed by atoms with Crippen LogP contribution in [0, 0.1) is 0 Å². The highest BCUT2D eigenvalue weighted by atomic mass is 16.4. The second-order valence-electron chi connectivity index (χ2n) is 5.96. The summed E-state index contributed by atoms with van der Waals surface area (Å²) in [5.74, 6) is -1.21. The maximum absolute atomic E-state index is 12.5. The molecule has 0 aliphatic carbocycles. The molecule has 26 heavy (non-hydrogen) atoms. The van der Waals surface area contributed by atoms with Gasteiger partial charge in [-0.1, -0.05) is 12.1 Å². The monoisotopic (exact) mass is 352 g/mol. The molecule has 3 aromatic rings. The minimum Gasteiger partial charge on any atom is -0.481 e. The van der Waals surface area contributed by atoms with Crippen molar-refractivity contribution in [2.24, 2.45) is 0 Å². The van der Waals surface area contributed by atoms with Crippen LogP contribution in [0.25, 0.3) is 5.69 Å². The number of rotatable bonds is 7. The number of carbonyl (C=O) groups is 2. The molecule has 2 N–H and O–H groups in total. The number of nitrogens with zero attached hydrogens (tertiary/aromatic N) is 3. The van der Waals surface area contributed by atoms with E-state index in [0.717, 1.165) is 11.3 Å². The number of carboxylic acid groups (broad SMARTS) is 1. The summed E-state index contributed by atoms with van der Waals surface area (Å²) < 4.78 is 3.42. The molecule has 0 radical (unpaired) electrons. The van der Waals surface area contributed by atoms with Crippen LogP contribution in [-0.4, -0.2) is 31.3 Å². The van der Waals surface area contributed by atoms with Crippen molar-refractivity contribution in [3.63, 3.8) is 0 Å². The predicted octanol–water partition coefficient (Wildman–Crippen LogP) is 2.64. The highest BCUT2D eigenvalue weighted by Gasteiger charge is 2.16. The van der Waals surface area contributed by atoms with Gasteiger partial charge in [0.15, 0.2) is 0 Å². The van der Waals surface area contributed by atoms with Crippen LogP contribution in [0.2, 0.25) is 0 Å². The van der Waals surface area contributed by atoms with Crippen molar-refractivity contribution >= 4 is 11.9 Å². The number of nitrogens with one attached hydrogen (secondary N) is 1. The fourth-order valence-corrected chi connectivity index (χ4v) is 2.70. The molecular formula is C19H20N4O3. The first-order valence-corrected chi connectivity index (χ1v) is 8.32. The predicted molar refractivity (Wildman–Crippen MR) is 96.1 cm³/mol. The van der Waals surface area contributed by atoms with Gasteiger partial charge in [0, 0.05) is 24.3 Å². The zero-order chi connectivity index (χ0) is 18.5. The van der Waals surface area contributed by atoms with E-state index in [1.54, 1.807) is 6.07 Å². The first kappa shape index (κ1) is 17.5. The van der Waals surface area contributed by atoms with Crippen molar-refractivity contribution in [2.45, 2.75) is 25.9 Å². The molecule has 0 saturated carbocycles. The molecule has 2 heterocycles. The summed E-state index contributed by atoms with van der Waals surface area (Å²) in [6.07, 6.45) is 5.35. The van der Waals surface area contributed by atoms with Crippen molar-refractivity contribution in [1.82, 2.24) is 19.7 Å². The van der Waals surface area contributed by atoms with Crippen molar-refractivity contribution in [3.8, 4) is 5.69 Å². The lowest BCUT2D eigenvalue weighted by atomic mass is 10.1. The van der Waals surface area contributed by atoms with Gasteiger partial charge in [-0.2, -0.15) is 5.10 Å². The van der Waals surface area contributed by atoms with Gasteiger partial charge >= 0.3 is 5.97 Å². The van der Waals surface area contributed by atoms with Crippen LogP contribution in [-0.2, 0) is 11.3 Å². The lowest BCUT2D eigenvalue weighted by Crippen LogP contribution is -2.29. The molecule has 1 unspecified atom stereocenters. The van der Waals surface area contributed by atoms with Crippen LogP contribution in [0.3, 0.4) is 0 Å². The van der Waals surface area contributed by atoms with Crippen molar-refractivity contribution in [3.05, 3.63) is 72.3 Å². The molecule has 1 aromatic carbocycles. The summed E-state index contributed by atoms with van der Waals surface area (Å²) in [4.78, 5) is 23.2. The van der Waals surface area contributed by atoms with E-state index in [2.05, 4.69) is 10.4 Å². The van der Waals surface area contributed by atoms with E-state index in [-0.39, 0.29) is 24.9 Å². The Hall–Kier alpha value is -3.35. The third kappa shape index (κ3) is 4.00. The first-order valence-electron chi connectivity index (χ1n) is 8.32. The van der Waals surface area contributed by atoms with E-state index in [1.165, 1.54) is 10.9 Å². The zero-order valence-corrected chi connectivity index (χ0v) is 14.4. The van der Waals surface area contributed by atoms with Gasteiger partial charge in [-0.25, -0.2) is 0 Å². The molecule has 0 spiro atoms. The van der Waals surface area contributed by atoms with E-state index in [1.807, 2.05) is 60.3 Å². The minimum atomic E-state index is -0.928. The fourth-order valence-electron chi connectivity index (χ4n) is 2.70. The van der Waals surface area contributed by atoms with E-state index in [4.69, 9.17) is 5.11 Å². The number of amides is 1. The molecule has 0 fully saturated rings. The molecule has 7 heteroatoms. The van der Waals surface area contributed by atoms with Crippen molar-refractivity contribution in [2.75, 3.05) is 0 Å². The van der Waals surface area contributed by atoms with Crippen LogP contribution >= 0.6 is 0 Å². The third-order valence-corrected chi connectivity index (χ3v) is 4.13. The smallest absolute Gasteiger partial charge is 0.305 e. The standard InChI is InChI=1S/C19H20N4O3/c1-14(15-4-6-16(7-5-15)22-11-2-3-12-22)21-19(26)17-8-10-20-23(17)13-9-18(24)25/h2-8,10-12,14H,9,13H2,1H3,(H,21,26)(H,24,25). The van der Waals surface area contributed by atoms with Gasteiger partial charge in [-0.3, -0.25) is 14.3 Å². The van der Waals surface area contributed by atoms with Gasteiger partial charge in [0.25, 0.3) is 5.91 Å². The summed E-state index contributed by atoms with van der Waals surface area (Å²) >= 11 is 0. The highest BCUT2D eigenvalue weighted by molar-refractivity contribution is 5.92. The first-order chi connectivity index (χ1) is 12.5. The molecule has 1 atom stereocenters. The molecule has 0 aliphatic rings. The Balaban J connectivity index is 1.66. The molecule has 0 saturated heterocycles. The number of hydrogen-bond donors (Lipinski definition) is 2. The van der Waals surface area contributed by atoms with Gasteiger partial charge in [-0.15, -0.1) is 0 Å². The summed E-state index contributed by atoms with van der Waals surface area (Å²) in [5.41, 5.74) is 2.37. The Labute approximate surface area is 150 Å². The Morgan fingerprint density at radius 1 is 1.15 bits per heavy atom. The Morgan fingerprint density at radius 2 is 1.85 bits per heavy atom. The molecule has 0 aliphatic heterocycles. The van der Waals surface area contributed by atoms with Gasteiger partial charge in [-0.05, 0) is 42.8 Å². The number of benzene rings is 1. The molecule has 0 bridgehead atoms. The van der Waals surface area contributed by atoms with Crippen LogP contribution in [0.5, 0.6) is 0 Å². The number of aliphatic carboxylic acids is 1. The van der Waals surface area contributed by atoms with Gasteiger partial charge in [0.2, 0.25) is 0 Å². The Kier molecular flexibility index (Phi) is 5.17. The summed E-state index contributed by atoms with van der Waals surface area (Å²) in [6, 6.07) is 13.3. The number of aromatic nitrogens is 3. The highest BCUT2D eigenvalue weighted by Crippen LogP contribution is 2.16. The SMILES string of the molecule is CC(NC(=O)c1ccnn1CCC(=O)O)c1ccc(-n2cccc2)cc1. The average molecular weight is 352 g/mol. The molecule has 1 amide bonds. The summed E-state index contributed by atoms with van der Waals surface area (Å²) in [5, 5.41) is 15.7. The number of carbonyl (C=O) groups excluding carboxylic acids is 1. The second-order valence-corrected chi connectivity index (χ2v) is 5.96. The molecule has 2 aromatic heterocycles. The summed E-state index contributed by atoms with van der Waals surface area (Å²) in [6.45, 7) is 2.06. The van der Waals surface area contributed by atoms with Gasteiger partial charge in [0.05, 0.1) is 19.0 Å². The van der Waals surface area contributed by atoms with Crippen LogP contribution < -0.4 is 5.32 Å². The maximum atomic E-state index is 12.5. The van der Waals surface area contributed by atoms with E-state index < -0.39 is 5.97 Å². The van der Waals surface area contributed by atoms with Crippen molar-refractivity contribution in [1.29, 1.82) is 0 Å². The summed E-state index contributed by atoms with van der Waals surface area (Å²) in [7, 11) is 0. The van der Waals surface area contributed by atoms with E-state index in [9.17, 15) is 9.59 Å². The molecule has 3 rings (SSSR count).